The van der Waals surface area contributed by atoms with E-state index >= 15 is 0 Å². The zero-order valence-corrected chi connectivity index (χ0v) is 26.0. The summed E-state index contributed by atoms with van der Waals surface area (Å²) in [7, 11) is -4.52. The predicted molar refractivity (Wildman–Crippen MR) is 161 cm³/mol. The van der Waals surface area contributed by atoms with Crippen LogP contribution < -0.4 is 0 Å². The van der Waals surface area contributed by atoms with Crippen molar-refractivity contribution in [2.75, 3.05) is 19.8 Å². The summed E-state index contributed by atoms with van der Waals surface area (Å²) in [4.78, 5) is 17.2. The maximum Gasteiger partial charge on any atom is 0.469 e. The third kappa shape index (κ3) is 34.1. The Labute approximate surface area is 236 Å². The van der Waals surface area contributed by atoms with E-state index in [1.807, 2.05) is 0 Å². The molecule has 0 saturated heterocycles. The van der Waals surface area contributed by atoms with E-state index in [4.69, 9.17) is 14.5 Å². The average molecular weight is 565 g/mol. The van der Waals surface area contributed by atoms with Gasteiger partial charge in [-0.2, -0.15) is 0 Å². The molecule has 1 atom stereocenters. The van der Waals surface area contributed by atoms with Gasteiger partial charge in [-0.15, -0.1) is 0 Å². The standard InChI is InChI=1S/C31H65O6P/c1-2-3-4-5-6-7-8-9-10-11-12-13-14-15-16-17-18-19-20-21-22-23-24-25-26-27-28-36-29-31(32)30-37-38(33,34)35/h31-32H,2-30H2,1H3,(H2,33,34,35). The van der Waals surface area contributed by atoms with Crippen molar-refractivity contribution in [2.45, 2.75) is 180 Å². The molecule has 0 bridgehead atoms. The van der Waals surface area contributed by atoms with E-state index in [2.05, 4.69) is 11.4 Å². The Morgan fingerprint density at radius 1 is 0.500 bits per heavy atom. The largest absolute Gasteiger partial charge is 0.469 e. The first-order valence-electron chi connectivity index (χ1n) is 16.4. The van der Waals surface area contributed by atoms with Gasteiger partial charge in [0.25, 0.3) is 0 Å². The first-order valence-corrected chi connectivity index (χ1v) is 17.9. The Balaban J connectivity index is 3.10. The molecular weight excluding hydrogens is 499 g/mol. The van der Waals surface area contributed by atoms with Crippen LogP contribution in [0.5, 0.6) is 0 Å². The molecule has 0 aromatic rings. The van der Waals surface area contributed by atoms with Crippen molar-refractivity contribution in [3.63, 3.8) is 0 Å². The van der Waals surface area contributed by atoms with Gasteiger partial charge in [0.15, 0.2) is 0 Å². The van der Waals surface area contributed by atoms with Crippen LogP contribution in [0.4, 0.5) is 0 Å². The van der Waals surface area contributed by atoms with E-state index in [9.17, 15) is 9.67 Å². The van der Waals surface area contributed by atoms with E-state index in [1.165, 1.54) is 154 Å². The highest BCUT2D eigenvalue weighted by Crippen LogP contribution is 2.35. The molecule has 230 valence electrons. The van der Waals surface area contributed by atoms with Gasteiger partial charge in [0.1, 0.15) is 6.10 Å². The molecule has 0 radical (unpaired) electrons. The molecule has 6 nitrogen and oxygen atoms in total. The molecule has 0 amide bonds. The number of rotatable bonds is 32. The average Bonchev–Trinajstić information content (AvgIpc) is 2.88. The summed E-state index contributed by atoms with van der Waals surface area (Å²) in [5, 5.41) is 9.52. The van der Waals surface area contributed by atoms with Gasteiger partial charge in [-0.1, -0.05) is 167 Å². The van der Waals surface area contributed by atoms with Crippen molar-refractivity contribution in [3.8, 4) is 0 Å². The van der Waals surface area contributed by atoms with Crippen LogP contribution in [0.25, 0.3) is 0 Å². The van der Waals surface area contributed by atoms with Gasteiger partial charge in [0.2, 0.25) is 0 Å². The van der Waals surface area contributed by atoms with Crippen molar-refractivity contribution >= 4 is 7.82 Å². The number of phosphoric acid groups is 1. The van der Waals surface area contributed by atoms with Crippen LogP contribution in [0.1, 0.15) is 174 Å². The number of hydrogen-bond acceptors (Lipinski definition) is 4. The first-order chi connectivity index (χ1) is 18.5. The second kappa shape index (κ2) is 30.0. The summed E-state index contributed by atoms with van der Waals surface area (Å²) in [5.41, 5.74) is 0. The molecule has 0 aromatic heterocycles. The van der Waals surface area contributed by atoms with Crippen LogP contribution in [0, 0.1) is 0 Å². The van der Waals surface area contributed by atoms with Crippen molar-refractivity contribution < 1.29 is 28.7 Å². The fourth-order valence-electron chi connectivity index (χ4n) is 4.97. The number of aliphatic hydroxyl groups excluding tert-OH is 1. The molecule has 0 heterocycles. The quantitative estimate of drug-likeness (QED) is 0.0556. The number of hydrogen-bond donors (Lipinski definition) is 3. The van der Waals surface area contributed by atoms with Crippen LogP contribution in [0.2, 0.25) is 0 Å². The van der Waals surface area contributed by atoms with E-state index in [0.29, 0.717) is 6.61 Å². The van der Waals surface area contributed by atoms with Gasteiger partial charge in [-0.25, -0.2) is 4.57 Å². The molecule has 0 saturated carbocycles. The number of phosphoric ester groups is 1. The van der Waals surface area contributed by atoms with Crippen molar-refractivity contribution in [3.05, 3.63) is 0 Å². The molecule has 0 rings (SSSR count). The molecule has 0 aromatic carbocycles. The second-order valence-electron chi connectivity index (χ2n) is 11.4. The van der Waals surface area contributed by atoms with Crippen LogP contribution in [-0.4, -0.2) is 40.8 Å². The summed E-state index contributed by atoms with van der Waals surface area (Å²) in [6, 6.07) is 0. The SMILES string of the molecule is CCCCCCCCCCCCCCCCCCCCCCCCCCCCOCC(O)COP(=O)(O)O. The maximum absolute atomic E-state index is 10.6. The van der Waals surface area contributed by atoms with E-state index < -0.39 is 20.5 Å². The van der Waals surface area contributed by atoms with Gasteiger partial charge in [0, 0.05) is 6.61 Å². The van der Waals surface area contributed by atoms with Crippen molar-refractivity contribution in [2.24, 2.45) is 0 Å². The van der Waals surface area contributed by atoms with Crippen LogP contribution in [0.3, 0.4) is 0 Å². The van der Waals surface area contributed by atoms with Crippen LogP contribution >= 0.6 is 7.82 Å². The zero-order valence-electron chi connectivity index (χ0n) is 25.1. The smallest absolute Gasteiger partial charge is 0.388 e. The normalized spacial score (nSPS) is 12.8. The minimum atomic E-state index is -4.52. The Morgan fingerprint density at radius 3 is 1.08 bits per heavy atom. The second-order valence-corrected chi connectivity index (χ2v) is 12.6. The fourth-order valence-corrected chi connectivity index (χ4v) is 5.34. The Bertz CT molecular complexity index is 499. The minimum absolute atomic E-state index is 0.0411. The predicted octanol–water partition coefficient (Wildman–Crippen LogP) is 9.64. The van der Waals surface area contributed by atoms with Crippen LogP contribution in [0.15, 0.2) is 0 Å². The molecule has 7 heteroatoms. The third-order valence-electron chi connectivity index (χ3n) is 7.39. The highest BCUT2D eigenvalue weighted by Gasteiger charge is 2.16. The summed E-state index contributed by atoms with van der Waals surface area (Å²) in [5.74, 6) is 0. The zero-order chi connectivity index (χ0) is 28.0. The maximum atomic E-state index is 10.6. The topological polar surface area (TPSA) is 96.2 Å². The highest BCUT2D eigenvalue weighted by molar-refractivity contribution is 7.46. The Morgan fingerprint density at radius 2 is 0.789 bits per heavy atom. The summed E-state index contributed by atoms with van der Waals surface area (Å²) in [6.07, 6.45) is 34.9. The molecule has 0 aliphatic heterocycles. The molecule has 1 unspecified atom stereocenters. The highest BCUT2D eigenvalue weighted by atomic mass is 31.2. The van der Waals surface area contributed by atoms with Gasteiger partial charge in [0.05, 0.1) is 13.2 Å². The summed E-state index contributed by atoms with van der Waals surface area (Å²) >= 11 is 0. The Hall–Kier alpha value is 0.0300. The Kier molecular flexibility index (Phi) is 30.0. The molecule has 38 heavy (non-hydrogen) atoms. The first kappa shape index (κ1) is 38.0. The lowest BCUT2D eigenvalue weighted by molar-refractivity contribution is 0.00476. The van der Waals surface area contributed by atoms with Gasteiger partial charge in [-0.05, 0) is 6.42 Å². The number of aliphatic hydroxyl groups is 1. The molecule has 0 aliphatic carbocycles. The molecule has 0 aliphatic rings. The van der Waals surface area contributed by atoms with Gasteiger partial charge < -0.3 is 19.6 Å². The lowest BCUT2D eigenvalue weighted by atomic mass is 10.0. The van der Waals surface area contributed by atoms with E-state index in [0.717, 1.165) is 12.8 Å². The minimum Gasteiger partial charge on any atom is -0.388 e. The van der Waals surface area contributed by atoms with Crippen LogP contribution in [-0.2, 0) is 13.8 Å². The summed E-state index contributed by atoms with van der Waals surface area (Å²) in [6.45, 7) is 2.48. The number of unbranched alkanes of at least 4 members (excludes halogenated alkanes) is 25. The molecule has 3 N–H and O–H groups in total. The molecular formula is C31H65O6P. The van der Waals surface area contributed by atoms with E-state index in [-0.39, 0.29) is 6.61 Å². The van der Waals surface area contributed by atoms with Crippen molar-refractivity contribution in [1.82, 2.24) is 0 Å². The number of ether oxygens (including phenoxy) is 1. The monoisotopic (exact) mass is 564 g/mol. The third-order valence-corrected chi connectivity index (χ3v) is 7.87. The van der Waals surface area contributed by atoms with E-state index in [1.54, 1.807) is 0 Å². The van der Waals surface area contributed by atoms with Gasteiger partial charge in [-0.3, -0.25) is 4.52 Å². The molecule has 0 fully saturated rings. The molecule has 0 spiro atoms. The fraction of sp³-hybridized carbons (Fsp3) is 1.00. The summed E-state index contributed by atoms with van der Waals surface area (Å²) < 4.78 is 20.1. The van der Waals surface area contributed by atoms with Gasteiger partial charge >= 0.3 is 7.82 Å². The lowest BCUT2D eigenvalue weighted by Gasteiger charge is -2.12. The lowest BCUT2D eigenvalue weighted by Crippen LogP contribution is -2.21. The van der Waals surface area contributed by atoms with Crippen molar-refractivity contribution in [1.29, 1.82) is 0 Å².